The van der Waals surface area contributed by atoms with Crippen molar-refractivity contribution in [3.63, 3.8) is 0 Å². The standard InChI is InChI=1S/C8H6ClNS.2C2H6/c1-5-10-7-4-2-3-6(9)8(7)11-5;2*1-2/h2-4H,1H3;2*1-2H3. The van der Waals surface area contributed by atoms with Crippen LogP contribution in [0.15, 0.2) is 18.2 Å². The second kappa shape index (κ2) is 7.66. The molecule has 0 radical (unpaired) electrons. The molecule has 1 aromatic heterocycles. The van der Waals surface area contributed by atoms with E-state index in [-0.39, 0.29) is 0 Å². The van der Waals surface area contributed by atoms with Crippen LogP contribution in [0.3, 0.4) is 0 Å². The molecule has 0 atom stereocenters. The van der Waals surface area contributed by atoms with E-state index in [9.17, 15) is 0 Å². The van der Waals surface area contributed by atoms with Crippen molar-refractivity contribution < 1.29 is 0 Å². The highest BCUT2D eigenvalue weighted by atomic mass is 35.5. The van der Waals surface area contributed by atoms with Gasteiger partial charge in [0.15, 0.2) is 0 Å². The third-order valence-electron chi connectivity index (χ3n) is 1.47. The van der Waals surface area contributed by atoms with Crippen LogP contribution in [0.25, 0.3) is 10.2 Å². The lowest BCUT2D eigenvalue weighted by Crippen LogP contribution is -1.67. The van der Waals surface area contributed by atoms with Crippen LogP contribution in [0.2, 0.25) is 5.02 Å². The Bertz CT molecular complexity index is 395. The largest absolute Gasteiger partial charge is 0.241 e. The van der Waals surface area contributed by atoms with E-state index >= 15 is 0 Å². The minimum Gasteiger partial charge on any atom is -0.241 e. The molecule has 0 aliphatic carbocycles. The number of aryl methyl sites for hydroxylation is 1. The Morgan fingerprint density at radius 3 is 2.27 bits per heavy atom. The Balaban J connectivity index is 0.000000442. The summed E-state index contributed by atoms with van der Waals surface area (Å²) < 4.78 is 1.09. The Labute approximate surface area is 101 Å². The van der Waals surface area contributed by atoms with Gasteiger partial charge in [-0.2, -0.15) is 0 Å². The lowest BCUT2D eigenvalue weighted by Gasteiger charge is -1.87. The fourth-order valence-electron chi connectivity index (χ4n) is 1.03. The van der Waals surface area contributed by atoms with Crippen molar-refractivity contribution in [1.82, 2.24) is 4.98 Å². The molecule has 0 fully saturated rings. The first-order valence-corrected chi connectivity index (χ1v) is 6.48. The highest BCUT2D eigenvalue weighted by Gasteiger charge is 2.01. The van der Waals surface area contributed by atoms with Gasteiger partial charge in [-0.3, -0.25) is 0 Å². The minimum atomic E-state index is 0.799. The van der Waals surface area contributed by atoms with Gasteiger partial charge in [0.2, 0.25) is 0 Å². The summed E-state index contributed by atoms with van der Waals surface area (Å²) in [5, 5.41) is 1.86. The molecule has 0 spiro atoms. The van der Waals surface area contributed by atoms with Crippen molar-refractivity contribution in [3.8, 4) is 0 Å². The average molecular weight is 244 g/mol. The van der Waals surface area contributed by atoms with Crippen LogP contribution in [0, 0.1) is 6.92 Å². The number of halogens is 1. The molecule has 3 heteroatoms. The zero-order chi connectivity index (χ0) is 11.8. The van der Waals surface area contributed by atoms with Crippen LogP contribution in [0.5, 0.6) is 0 Å². The normalized spacial score (nSPS) is 8.67. The molecule has 1 heterocycles. The summed E-state index contributed by atoms with van der Waals surface area (Å²) in [6.45, 7) is 9.99. The third-order valence-corrected chi connectivity index (χ3v) is 2.92. The quantitative estimate of drug-likeness (QED) is 0.611. The summed E-state index contributed by atoms with van der Waals surface area (Å²) in [5.41, 5.74) is 1.00. The molecule has 0 saturated carbocycles. The topological polar surface area (TPSA) is 12.9 Å². The van der Waals surface area contributed by atoms with E-state index in [1.807, 2.05) is 52.8 Å². The molecule has 0 amide bonds. The molecule has 1 aromatic carbocycles. The molecule has 2 aromatic rings. The van der Waals surface area contributed by atoms with Crippen molar-refractivity contribution in [2.24, 2.45) is 0 Å². The van der Waals surface area contributed by atoms with E-state index in [1.165, 1.54) is 0 Å². The molecule has 0 unspecified atom stereocenters. The smallest absolute Gasteiger partial charge is 0.0908 e. The maximum atomic E-state index is 5.94. The summed E-state index contributed by atoms with van der Waals surface area (Å²) >= 11 is 7.58. The Hall–Kier alpha value is -0.600. The number of rotatable bonds is 0. The fourth-order valence-corrected chi connectivity index (χ4v) is 2.14. The lowest BCUT2D eigenvalue weighted by atomic mass is 10.3. The van der Waals surface area contributed by atoms with E-state index in [0.29, 0.717) is 0 Å². The molecule has 0 aliphatic heterocycles. The molecule has 0 saturated heterocycles. The first-order valence-electron chi connectivity index (χ1n) is 5.29. The zero-order valence-electron chi connectivity index (χ0n) is 9.97. The number of benzene rings is 1. The van der Waals surface area contributed by atoms with Crippen molar-refractivity contribution in [1.29, 1.82) is 0 Å². The SMILES string of the molecule is CC.CC.Cc1nc2cccc(Cl)c2s1. The Morgan fingerprint density at radius 2 is 1.73 bits per heavy atom. The molecule has 0 bridgehead atoms. The zero-order valence-corrected chi connectivity index (χ0v) is 11.5. The minimum absolute atomic E-state index is 0.799. The summed E-state index contributed by atoms with van der Waals surface area (Å²) in [6.07, 6.45) is 0. The van der Waals surface area contributed by atoms with Gasteiger partial charge in [0, 0.05) is 0 Å². The van der Waals surface area contributed by atoms with Crippen molar-refractivity contribution >= 4 is 33.2 Å². The van der Waals surface area contributed by atoms with Crippen molar-refractivity contribution in [2.75, 3.05) is 0 Å². The van der Waals surface area contributed by atoms with Gasteiger partial charge in [-0.05, 0) is 19.1 Å². The average Bonchev–Trinajstić information content (AvgIpc) is 2.66. The lowest BCUT2D eigenvalue weighted by molar-refractivity contribution is 1.35. The number of nitrogens with zero attached hydrogens (tertiary/aromatic N) is 1. The Morgan fingerprint density at radius 1 is 1.13 bits per heavy atom. The number of thiazole rings is 1. The highest BCUT2D eigenvalue weighted by molar-refractivity contribution is 7.19. The molecule has 1 nitrogen and oxygen atoms in total. The molecule has 15 heavy (non-hydrogen) atoms. The van der Waals surface area contributed by atoms with Crippen LogP contribution in [0.4, 0.5) is 0 Å². The second-order valence-electron chi connectivity index (χ2n) is 2.32. The molecular formula is C12H18ClNS. The van der Waals surface area contributed by atoms with Crippen molar-refractivity contribution in [2.45, 2.75) is 34.6 Å². The van der Waals surface area contributed by atoms with Gasteiger partial charge < -0.3 is 0 Å². The summed E-state index contributed by atoms with van der Waals surface area (Å²) in [6, 6.07) is 5.79. The van der Waals surface area contributed by atoms with Crippen molar-refractivity contribution in [3.05, 3.63) is 28.2 Å². The Kier molecular flexibility index (Phi) is 7.35. The summed E-state index contributed by atoms with van der Waals surface area (Å²) in [7, 11) is 0. The predicted molar refractivity (Wildman–Crippen MR) is 72.1 cm³/mol. The van der Waals surface area contributed by atoms with Crippen LogP contribution < -0.4 is 0 Å². The first-order chi connectivity index (χ1) is 7.27. The van der Waals surface area contributed by atoms with Gasteiger partial charge in [-0.25, -0.2) is 4.98 Å². The summed E-state index contributed by atoms with van der Waals surface area (Å²) in [4.78, 5) is 4.31. The molecule has 0 N–H and O–H groups in total. The monoisotopic (exact) mass is 243 g/mol. The van der Waals surface area contributed by atoms with E-state index < -0.39 is 0 Å². The number of hydrogen-bond donors (Lipinski definition) is 0. The van der Waals surface area contributed by atoms with Gasteiger partial charge >= 0.3 is 0 Å². The van der Waals surface area contributed by atoms with E-state index in [2.05, 4.69) is 4.98 Å². The van der Waals surface area contributed by atoms with Gasteiger partial charge in [0.25, 0.3) is 0 Å². The predicted octanol–water partition coefficient (Wildman–Crippen LogP) is 5.31. The maximum Gasteiger partial charge on any atom is 0.0908 e. The van der Waals surface area contributed by atoms with Gasteiger partial charge in [-0.15, -0.1) is 11.3 Å². The van der Waals surface area contributed by atoms with Gasteiger partial charge in [0.05, 0.1) is 20.2 Å². The van der Waals surface area contributed by atoms with Crippen LogP contribution in [-0.4, -0.2) is 4.98 Å². The van der Waals surface area contributed by atoms with E-state index in [4.69, 9.17) is 11.6 Å². The van der Waals surface area contributed by atoms with E-state index in [0.717, 1.165) is 20.2 Å². The summed E-state index contributed by atoms with van der Waals surface area (Å²) in [5.74, 6) is 0. The number of hydrogen-bond acceptors (Lipinski definition) is 2. The second-order valence-corrected chi connectivity index (χ2v) is 3.93. The van der Waals surface area contributed by atoms with Crippen LogP contribution >= 0.6 is 22.9 Å². The number of fused-ring (bicyclic) bond motifs is 1. The van der Waals surface area contributed by atoms with Gasteiger partial charge in [-0.1, -0.05) is 45.4 Å². The molecule has 84 valence electrons. The highest BCUT2D eigenvalue weighted by Crippen LogP contribution is 2.28. The van der Waals surface area contributed by atoms with E-state index in [1.54, 1.807) is 11.3 Å². The maximum absolute atomic E-state index is 5.94. The van der Waals surface area contributed by atoms with Gasteiger partial charge in [0.1, 0.15) is 0 Å². The number of aromatic nitrogens is 1. The first kappa shape index (κ1) is 14.4. The fraction of sp³-hybridized carbons (Fsp3) is 0.417. The molecule has 2 rings (SSSR count). The van der Waals surface area contributed by atoms with Crippen LogP contribution in [-0.2, 0) is 0 Å². The molecular weight excluding hydrogens is 226 g/mol. The molecule has 0 aliphatic rings. The van der Waals surface area contributed by atoms with Crippen LogP contribution in [0.1, 0.15) is 32.7 Å². The third kappa shape index (κ3) is 3.80.